The smallest absolute Gasteiger partial charge is 0.325 e. The lowest BCUT2D eigenvalue weighted by atomic mass is 9.91. The van der Waals surface area contributed by atoms with Crippen LogP contribution in [0.5, 0.6) is 0 Å². The van der Waals surface area contributed by atoms with Gasteiger partial charge in [-0.25, -0.2) is 9.18 Å². The van der Waals surface area contributed by atoms with Crippen molar-refractivity contribution in [3.8, 4) is 0 Å². The number of hydrogen-bond acceptors (Lipinski definition) is 4. The Balaban J connectivity index is 1.42. The first-order valence-corrected chi connectivity index (χ1v) is 9.92. The van der Waals surface area contributed by atoms with E-state index in [2.05, 4.69) is 15.5 Å². The van der Waals surface area contributed by atoms with Crippen molar-refractivity contribution in [2.24, 2.45) is 0 Å². The molecule has 1 unspecified atom stereocenters. The quantitative estimate of drug-likeness (QED) is 0.743. The standard InChI is InChI=1S/C22H23FN4O3/c1-22(17-6-2-3-7-18(17)23)20(29)27(21(30)25-22)14-19(28)24-15-8-10-16(11-9-15)26-12-4-5-13-26/h2-3,6-11H,4-5,12-14H2,1H3,(H,24,28)(H,25,30). The predicted octanol–water partition coefficient (Wildman–Crippen LogP) is 2.83. The number of anilines is 2. The van der Waals surface area contributed by atoms with Gasteiger partial charge in [-0.15, -0.1) is 0 Å². The van der Waals surface area contributed by atoms with Crippen molar-refractivity contribution in [1.29, 1.82) is 0 Å². The molecule has 7 nitrogen and oxygen atoms in total. The fraction of sp³-hybridized carbons (Fsp3) is 0.318. The molecule has 2 N–H and O–H groups in total. The second-order valence-corrected chi connectivity index (χ2v) is 7.72. The number of benzene rings is 2. The zero-order chi connectivity index (χ0) is 21.3. The molecule has 2 saturated heterocycles. The molecule has 0 aliphatic carbocycles. The number of carbonyl (C=O) groups is 3. The number of halogens is 1. The lowest BCUT2D eigenvalue weighted by molar-refractivity contribution is -0.133. The Morgan fingerprint density at radius 1 is 1.10 bits per heavy atom. The van der Waals surface area contributed by atoms with Crippen LogP contribution in [-0.4, -0.2) is 42.4 Å². The lowest BCUT2D eigenvalue weighted by Gasteiger charge is -2.22. The molecule has 1 atom stereocenters. The Labute approximate surface area is 173 Å². The maximum Gasteiger partial charge on any atom is 0.325 e. The first-order valence-electron chi connectivity index (χ1n) is 9.92. The van der Waals surface area contributed by atoms with Gasteiger partial charge in [0.25, 0.3) is 5.91 Å². The first-order chi connectivity index (χ1) is 14.4. The van der Waals surface area contributed by atoms with Gasteiger partial charge >= 0.3 is 6.03 Å². The van der Waals surface area contributed by atoms with Crippen LogP contribution in [0.15, 0.2) is 48.5 Å². The fourth-order valence-corrected chi connectivity index (χ4v) is 3.96. The summed E-state index contributed by atoms with van der Waals surface area (Å²) < 4.78 is 14.2. The Kier molecular flexibility index (Phi) is 5.15. The highest BCUT2D eigenvalue weighted by Gasteiger charge is 2.50. The molecule has 0 spiro atoms. The van der Waals surface area contributed by atoms with Gasteiger partial charge in [-0.05, 0) is 50.1 Å². The van der Waals surface area contributed by atoms with Crippen LogP contribution in [0.1, 0.15) is 25.3 Å². The van der Waals surface area contributed by atoms with Crippen LogP contribution in [0.3, 0.4) is 0 Å². The zero-order valence-electron chi connectivity index (χ0n) is 16.7. The molecule has 0 bridgehead atoms. The van der Waals surface area contributed by atoms with Gasteiger partial charge in [0.15, 0.2) is 0 Å². The van der Waals surface area contributed by atoms with Crippen molar-refractivity contribution in [2.75, 3.05) is 29.9 Å². The Bertz CT molecular complexity index is 988. The highest BCUT2D eigenvalue weighted by Crippen LogP contribution is 2.30. The summed E-state index contributed by atoms with van der Waals surface area (Å²) in [6.07, 6.45) is 2.35. The Hall–Kier alpha value is -3.42. The topological polar surface area (TPSA) is 81.8 Å². The van der Waals surface area contributed by atoms with Gasteiger partial charge in [-0.1, -0.05) is 18.2 Å². The van der Waals surface area contributed by atoms with Crippen molar-refractivity contribution >= 4 is 29.2 Å². The molecule has 2 aliphatic heterocycles. The van der Waals surface area contributed by atoms with Crippen molar-refractivity contribution < 1.29 is 18.8 Å². The molecule has 2 heterocycles. The zero-order valence-corrected chi connectivity index (χ0v) is 16.7. The van der Waals surface area contributed by atoms with E-state index < -0.39 is 35.7 Å². The fourth-order valence-electron chi connectivity index (χ4n) is 3.96. The van der Waals surface area contributed by atoms with Crippen LogP contribution in [0, 0.1) is 5.82 Å². The van der Waals surface area contributed by atoms with Gasteiger partial charge in [0.1, 0.15) is 17.9 Å². The van der Waals surface area contributed by atoms with Crippen molar-refractivity contribution in [3.63, 3.8) is 0 Å². The molecule has 156 valence electrons. The largest absolute Gasteiger partial charge is 0.372 e. The minimum atomic E-state index is -1.56. The van der Waals surface area contributed by atoms with E-state index in [-0.39, 0.29) is 5.56 Å². The third-order valence-electron chi connectivity index (χ3n) is 5.61. The molecule has 2 aromatic carbocycles. The maximum absolute atomic E-state index is 14.2. The monoisotopic (exact) mass is 410 g/mol. The number of hydrogen-bond donors (Lipinski definition) is 2. The molecule has 2 fully saturated rings. The number of nitrogens with zero attached hydrogens (tertiary/aromatic N) is 2. The summed E-state index contributed by atoms with van der Waals surface area (Å²) in [5, 5.41) is 5.21. The van der Waals surface area contributed by atoms with Crippen LogP contribution >= 0.6 is 0 Å². The van der Waals surface area contributed by atoms with Crippen LogP contribution in [0.25, 0.3) is 0 Å². The molecule has 0 aromatic heterocycles. The highest BCUT2D eigenvalue weighted by atomic mass is 19.1. The van der Waals surface area contributed by atoms with Gasteiger partial charge in [-0.2, -0.15) is 0 Å². The number of urea groups is 1. The molecule has 8 heteroatoms. The van der Waals surface area contributed by atoms with Crippen LogP contribution in [-0.2, 0) is 15.1 Å². The van der Waals surface area contributed by atoms with E-state index in [1.54, 1.807) is 18.2 Å². The summed E-state index contributed by atoms with van der Waals surface area (Å²) in [5.74, 6) is -1.78. The van der Waals surface area contributed by atoms with Crippen molar-refractivity contribution in [3.05, 3.63) is 59.9 Å². The van der Waals surface area contributed by atoms with E-state index in [0.717, 1.165) is 23.7 Å². The van der Waals surface area contributed by atoms with Gasteiger partial charge in [0, 0.05) is 30.0 Å². The summed E-state index contributed by atoms with van der Waals surface area (Å²) in [6.45, 7) is 3.03. The third-order valence-corrected chi connectivity index (χ3v) is 5.61. The van der Waals surface area contributed by atoms with Crippen molar-refractivity contribution in [2.45, 2.75) is 25.3 Å². The minimum Gasteiger partial charge on any atom is -0.372 e. The molecule has 4 rings (SSSR count). The number of amides is 4. The van der Waals surface area contributed by atoms with E-state index in [0.29, 0.717) is 5.69 Å². The maximum atomic E-state index is 14.2. The van der Waals surface area contributed by atoms with Crippen LogP contribution < -0.4 is 15.5 Å². The average Bonchev–Trinajstić information content (AvgIpc) is 3.33. The Morgan fingerprint density at radius 3 is 2.43 bits per heavy atom. The number of carbonyl (C=O) groups excluding carboxylic acids is 3. The van der Waals surface area contributed by atoms with Gasteiger partial charge in [-0.3, -0.25) is 14.5 Å². The summed E-state index contributed by atoms with van der Waals surface area (Å²) in [7, 11) is 0. The number of imide groups is 1. The SMILES string of the molecule is CC1(c2ccccc2F)NC(=O)N(CC(=O)Nc2ccc(N3CCCC3)cc2)C1=O. The predicted molar refractivity (Wildman–Crippen MR) is 111 cm³/mol. The summed E-state index contributed by atoms with van der Waals surface area (Å²) in [6, 6.07) is 12.5. The molecular weight excluding hydrogens is 387 g/mol. The van der Waals surface area contributed by atoms with E-state index in [1.807, 2.05) is 12.1 Å². The second kappa shape index (κ2) is 7.78. The summed E-state index contributed by atoms with van der Waals surface area (Å²) >= 11 is 0. The second-order valence-electron chi connectivity index (χ2n) is 7.72. The normalized spacial score (nSPS) is 21.1. The van der Waals surface area contributed by atoms with Crippen LogP contribution in [0.2, 0.25) is 0 Å². The van der Waals surface area contributed by atoms with E-state index in [4.69, 9.17) is 0 Å². The van der Waals surface area contributed by atoms with Crippen LogP contribution in [0.4, 0.5) is 20.6 Å². The average molecular weight is 410 g/mol. The number of nitrogens with one attached hydrogen (secondary N) is 2. The molecular formula is C22H23FN4O3. The summed E-state index contributed by atoms with van der Waals surface area (Å²) in [5.41, 5.74) is 0.177. The lowest BCUT2D eigenvalue weighted by Crippen LogP contribution is -2.42. The van der Waals surface area contributed by atoms with Gasteiger partial charge in [0.2, 0.25) is 5.91 Å². The third kappa shape index (κ3) is 3.60. The van der Waals surface area contributed by atoms with E-state index in [9.17, 15) is 18.8 Å². The van der Waals surface area contributed by atoms with Gasteiger partial charge < -0.3 is 15.5 Å². The molecule has 0 radical (unpaired) electrons. The van der Waals surface area contributed by atoms with Crippen molar-refractivity contribution in [1.82, 2.24) is 10.2 Å². The van der Waals surface area contributed by atoms with Gasteiger partial charge in [0.05, 0.1) is 0 Å². The molecule has 0 saturated carbocycles. The minimum absolute atomic E-state index is 0.0590. The van der Waals surface area contributed by atoms with E-state index >= 15 is 0 Å². The molecule has 2 aromatic rings. The molecule has 4 amide bonds. The van der Waals surface area contributed by atoms with E-state index in [1.165, 1.54) is 38.0 Å². The molecule has 2 aliphatic rings. The Morgan fingerprint density at radius 2 is 1.77 bits per heavy atom. The first kappa shape index (κ1) is 19.9. The summed E-state index contributed by atoms with van der Waals surface area (Å²) in [4.78, 5) is 40.7. The molecule has 30 heavy (non-hydrogen) atoms. The highest BCUT2D eigenvalue weighted by molar-refractivity contribution is 6.10. The number of rotatable bonds is 5.